The van der Waals surface area contributed by atoms with Crippen LogP contribution in [0, 0.1) is 16.0 Å². The smallest absolute Gasteiger partial charge is 0.273 e. The average Bonchev–Trinajstić information content (AvgIpc) is 2.92. The second-order valence-corrected chi connectivity index (χ2v) is 6.56. The topological polar surface area (TPSA) is 55.2 Å². The van der Waals surface area contributed by atoms with Gasteiger partial charge in [-0.2, -0.15) is 0 Å². The van der Waals surface area contributed by atoms with Gasteiger partial charge < -0.3 is 5.32 Å². The van der Waals surface area contributed by atoms with Gasteiger partial charge in [-0.1, -0.05) is 31.5 Å². The minimum absolute atomic E-state index is 0.0978. The summed E-state index contributed by atoms with van der Waals surface area (Å²) in [5, 5.41) is 17.0. The van der Waals surface area contributed by atoms with Crippen LogP contribution in [0.2, 0.25) is 5.02 Å². The van der Waals surface area contributed by atoms with Gasteiger partial charge in [-0.15, -0.1) is 11.3 Å². The zero-order valence-electron chi connectivity index (χ0n) is 11.9. The van der Waals surface area contributed by atoms with Crippen LogP contribution in [0.3, 0.4) is 0 Å². The Morgan fingerprint density at radius 1 is 1.38 bits per heavy atom. The number of nitro benzene ring substituents is 1. The summed E-state index contributed by atoms with van der Waals surface area (Å²) in [7, 11) is 0. The Balaban J connectivity index is 2.18. The fourth-order valence-corrected chi connectivity index (χ4v) is 3.39. The van der Waals surface area contributed by atoms with Gasteiger partial charge in [0.05, 0.1) is 4.92 Å². The van der Waals surface area contributed by atoms with Crippen LogP contribution in [0.15, 0.2) is 35.7 Å². The van der Waals surface area contributed by atoms with E-state index in [2.05, 4.69) is 25.2 Å². The average molecular weight is 325 g/mol. The first-order valence-corrected chi connectivity index (χ1v) is 7.94. The summed E-state index contributed by atoms with van der Waals surface area (Å²) in [4.78, 5) is 11.9. The van der Waals surface area contributed by atoms with Crippen LogP contribution < -0.4 is 5.32 Å². The van der Waals surface area contributed by atoms with Gasteiger partial charge in [0.25, 0.3) is 5.69 Å². The number of hydrogen-bond acceptors (Lipinski definition) is 4. The van der Waals surface area contributed by atoms with E-state index in [1.807, 2.05) is 11.4 Å². The Labute approximate surface area is 132 Å². The van der Waals surface area contributed by atoms with Crippen molar-refractivity contribution < 1.29 is 4.92 Å². The van der Waals surface area contributed by atoms with Crippen LogP contribution in [-0.4, -0.2) is 4.92 Å². The van der Waals surface area contributed by atoms with Crippen molar-refractivity contribution in [2.45, 2.75) is 26.4 Å². The number of thiophene rings is 1. The van der Waals surface area contributed by atoms with Gasteiger partial charge in [0, 0.05) is 34.1 Å². The Hall–Kier alpha value is -1.43. The molecule has 1 unspecified atom stereocenters. The van der Waals surface area contributed by atoms with Crippen LogP contribution >= 0.6 is 22.9 Å². The van der Waals surface area contributed by atoms with Crippen LogP contribution in [0.1, 0.15) is 30.3 Å². The molecule has 0 aliphatic heterocycles. The van der Waals surface area contributed by atoms with Crippen LogP contribution in [0.25, 0.3) is 0 Å². The van der Waals surface area contributed by atoms with E-state index in [4.69, 9.17) is 11.6 Å². The zero-order valence-corrected chi connectivity index (χ0v) is 13.4. The Kier molecular flexibility index (Phi) is 5.33. The van der Waals surface area contributed by atoms with E-state index < -0.39 is 0 Å². The van der Waals surface area contributed by atoms with Gasteiger partial charge in [-0.05, 0) is 29.5 Å². The first-order chi connectivity index (χ1) is 9.99. The maximum Gasteiger partial charge on any atom is 0.273 e. The molecule has 0 amide bonds. The molecule has 112 valence electrons. The van der Waals surface area contributed by atoms with Gasteiger partial charge in [0.1, 0.15) is 0 Å². The molecule has 0 saturated carbocycles. The first-order valence-electron chi connectivity index (χ1n) is 6.68. The molecule has 21 heavy (non-hydrogen) atoms. The molecule has 0 aliphatic carbocycles. The second kappa shape index (κ2) is 7.02. The van der Waals surface area contributed by atoms with Gasteiger partial charge in [0.2, 0.25) is 0 Å². The molecule has 2 rings (SSSR count). The van der Waals surface area contributed by atoms with Gasteiger partial charge >= 0.3 is 0 Å². The minimum atomic E-state index is -0.372. The highest BCUT2D eigenvalue weighted by Gasteiger charge is 2.19. The molecule has 0 saturated heterocycles. The van der Waals surface area contributed by atoms with Crippen LogP contribution in [0.4, 0.5) is 5.69 Å². The van der Waals surface area contributed by atoms with Crippen molar-refractivity contribution >= 4 is 28.6 Å². The highest BCUT2D eigenvalue weighted by molar-refractivity contribution is 7.10. The summed E-state index contributed by atoms with van der Waals surface area (Å²) in [5.74, 6) is 0.391. The highest BCUT2D eigenvalue weighted by atomic mass is 35.5. The van der Waals surface area contributed by atoms with Gasteiger partial charge in [-0.25, -0.2) is 0 Å². The number of nitrogens with one attached hydrogen (secondary N) is 1. The lowest BCUT2D eigenvalue weighted by Crippen LogP contribution is -2.25. The lowest BCUT2D eigenvalue weighted by atomic mass is 10.0. The van der Waals surface area contributed by atoms with Crippen molar-refractivity contribution in [3.8, 4) is 0 Å². The number of benzene rings is 1. The molecule has 2 aromatic rings. The fourth-order valence-electron chi connectivity index (χ4n) is 2.23. The van der Waals surface area contributed by atoms with Crippen molar-refractivity contribution in [2.24, 2.45) is 5.92 Å². The summed E-state index contributed by atoms with van der Waals surface area (Å²) >= 11 is 7.64. The lowest BCUT2D eigenvalue weighted by molar-refractivity contribution is -0.385. The predicted octanol–water partition coefficient (Wildman–Crippen LogP) is 4.80. The van der Waals surface area contributed by atoms with Crippen molar-refractivity contribution in [1.82, 2.24) is 5.32 Å². The summed E-state index contributed by atoms with van der Waals surface area (Å²) in [5.41, 5.74) is 0.704. The summed E-state index contributed by atoms with van der Waals surface area (Å²) in [6, 6.07) is 8.91. The molecular weight excluding hydrogens is 308 g/mol. The Bertz CT molecular complexity index is 614. The molecular formula is C15H17ClN2O2S. The summed E-state index contributed by atoms with van der Waals surface area (Å²) in [6.45, 7) is 4.67. The van der Waals surface area contributed by atoms with Crippen molar-refractivity contribution in [2.75, 3.05) is 0 Å². The second-order valence-electron chi connectivity index (χ2n) is 5.15. The van der Waals surface area contributed by atoms with E-state index in [1.54, 1.807) is 23.5 Å². The largest absolute Gasteiger partial charge is 0.305 e. The number of rotatable bonds is 6. The number of nitrogens with zero attached hydrogens (tertiary/aromatic N) is 1. The molecule has 0 aliphatic rings. The number of halogens is 1. The van der Waals surface area contributed by atoms with Crippen molar-refractivity contribution in [1.29, 1.82) is 0 Å². The van der Waals surface area contributed by atoms with E-state index in [1.165, 1.54) is 10.9 Å². The molecule has 4 nitrogen and oxygen atoms in total. The SMILES string of the molecule is CC(C)C(NCc1cc(Cl)ccc1[N+](=O)[O-])c1cccs1. The molecule has 1 aromatic heterocycles. The third-order valence-corrected chi connectivity index (χ3v) is 4.46. The third-order valence-electron chi connectivity index (χ3n) is 3.27. The predicted molar refractivity (Wildman–Crippen MR) is 86.8 cm³/mol. The third kappa shape index (κ3) is 4.03. The molecule has 0 fully saturated rings. The van der Waals surface area contributed by atoms with E-state index in [0.717, 1.165) is 0 Å². The number of hydrogen-bond donors (Lipinski definition) is 1. The first kappa shape index (κ1) is 15.9. The van der Waals surface area contributed by atoms with Gasteiger partial charge in [-0.3, -0.25) is 10.1 Å². The minimum Gasteiger partial charge on any atom is -0.305 e. The van der Waals surface area contributed by atoms with Gasteiger partial charge in [0.15, 0.2) is 0 Å². The van der Waals surface area contributed by atoms with Crippen LogP contribution in [0.5, 0.6) is 0 Å². The number of nitro groups is 1. The highest BCUT2D eigenvalue weighted by Crippen LogP contribution is 2.28. The summed E-state index contributed by atoms with van der Waals surface area (Å²) in [6.07, 6.45) is 0. The van der Waals surface area contributed by atoms with E-state index in [-0.39, 0.29) is 16.7 Å². The summed E-state index contributed by atoms with van der Waals surface area (Å²) < 4.78 is 0. The fraction of sp³-hybridized carbons (Fsp3) is 0.333. The molecule has 0 spiro atoms. The molecule has 1 aromatic carbocycles. The van der Waals surface area contributed by atoms with Crippen molar-refractivity contribution in [3.05, 3.63) is 61.3 Å². The van der Waals surface area contributed by atoms with Crippen molar-refractivity contribution in [3.63, 3.8) is 0 Å². The molecule has 0 bridgehead atoms. The Morgan fingerprint density at radius 2 is 2.14 bits per heavy atom. The maximum atomic E-state index is 11.1. The quantitative estimate of drug-likeness (QED) is 0.613. The molecule has 6 heteroatoms. The standard InChI is InChI=1S/C15H17ClN2O2S/c1-10(2)15(14-4-3-7-21-14)17-9-11-8-12(16)5-6-13(11)18(19)20/h3-8,10,15,17H,9H2,1-2H3. The molecule has 1 heterocycles. The molecule has 0 radical (unpaired) electrons. The lowest BCUT2D eigenvalue weighted by Gasteiger charge is -2.21. The Morgan fingerprint density at radius 3 is 2.71 bits per heavy atom. The normalized spacial score (nSPS) is 12.6. The zero-order chi connectivity index (χ0) is 15.4. The maximum absolute atomic E-state index is 11.1. The van der Waals surface area contributed by atoms with E-state index >= 15 is 0 Å². The molecule has 1 atom stereocenters. The monoisotopic (exact) mass is 324 g/mol. The van der Waals surface area contributed by atoms with Crippen LogP contribution in [-0.2, 0) is 6.54 Å². The molecule has 1 N–H and O–H groups in total. The van der Waals surface area contributed by atoms with E-state index in [9.17, 15) is 10.1 Å². The van der Waals surface area contributed by atoms with E-state index in [0.29, 0.717) is 23.0 Å².